The fourth-order valence-corrected chi connectivity index (χ4v) is 5.14. The smallest absolute Gasteiger partial charge is 0.335 e. The van der Waals surface area contributed by atoms with Crippen LogP contribution in [0.5, 0.6) is 0 Å². The van der Waals surface area contributed by atoms with Crippen LogP contribution in [-0.2, 0) is 86.3 Å². The lowest BCUT2D eigenvalue weighted by Crippen LogP contribution is -2.59. The Morgan fingerprint density at radius 1 is 0.509 bits per heavy atom. The van der Waals surface area contributed by atoms with Gasteiger partial charge in [0.05, 0.1) is 58.9 Å². The molecule has 0 spiro atoms. The highest BCUT2D eigenvalue weighted by molar-refractivity contribution is 6.13. The average molecular weight is 780 g/mol. The van der Waals surface area contributed by atoms with Gasteiger partial charge in [-0.15, -0.1) is 15.2 Å². The van der Waals surface area contributed by atoms with E-state index in [-0.39, 0.29) is 45.1 Å². The van der Waals surface area contributed by atoms with Crippen molar-refractivity contribution >= 4 is 71.1 Å². The van der Waals surface area contributed by atoms with Gasteiger partial charge in [-0.1, -0.05) is 0 Å². The Kier molecular flexibility index (Phi) is 14.8. The maximum Gasteiger partial charge on any atom is 0.335 e. The largest absolute Gasteiger partial charge is 0.378 e. The summed E-state index contributed by atoms with van der Waals surface area (Å²) in [5.74, 6) is -9.24. The molecule has 0 atom stereocenters. The monoisotopic (exact) mass is 779 g/mol. The van der Waals surface area contributed by atoms with Gasteiger partial charge in [0.15, 0.2) is 0 Å². The second-order valence-corrected chi connectivity index (χ2v) is 12.3. The van der Waals surface area contributed by atoms with Gasteiger partial charge in [-0.2, -0.15) is 0 Å². The summed E-state index contributed by atoms with van der Waals surface area (Å²) in [5, 5.41) is 3.68. The number of ether oxygens (including phenoxy) is 3. The normalized spacial score (nSPS) is 17.3. The summed E-state index contributed by atoms with van der Waals surface area (Å²) >= 11 is 0. The van der Waals surface area contributed by atoms with Crippen LogP contribution in [0.1, 0.15) is 64.2 Å². The SMILES string of the molecule is O=C(CCN1C(=O)C=CC1=O)NC(COCCC(=O)ON1C(=O)CCC1=O)(COCCC(=O)ON1C(=O)CCC1=O)COCCC(=O)ON1C(=O)CCC1=O. The van der Waals surface area contributed by atoms with Gasteiger partial charge in [0.25, 0.3) is 47.3 Å². The molecule has 0 aromatic heterocycles. The topological polar surface area (TPSA) is 285 Å². The predicted octanol–water partition coefficient (Wildman–Crippen LogP) is -2.80. The van der Waals surface area contributed by atoms with Crippen molar-refractivity contribution in [1.82, 2.24) is 25.4 Å². The summed E-state index contributed by atoms with van der Waals surface area (Å²) in [6, 6.07) is 0. The van der Waals surface area contributed by atoms with E-state index in [1.807, 2.05) is 0 Å². The zero-order valence-corrected chi connectivity index (χ0v) is 29.3. The number of rotatable bonds is 22. The highest BCUT2D eigenvalue weighted by atomic mass is 16.7. The molecule has 23 heteroatoms. The van der Waals surface area contributed by atoms with Gasteiger partial charge < -0.3 is 34.0 Å². The van der Waals surface area contributed by atoms with Gasteiger partial charge in [0.2, 0.25) is 5.91 Å². The second kappa shape index (κ2) is 19.4. The number of amides is 9. The van der Waals surface area contributed by atoms with E-state index in [2.05, 4.69) is 5.32 Å². The van der Waals surface area contributed by atoms with E-state index in [4.69, 9.17) is 28.7 Å². The molecule has 4 aliphatic heterocycles. The fraction of sp³-hybridized carbons (Fsp3) is 0.562. The van der Waals surface area contributed by atoms with Crippen molar-refractivity contribution in [2.24, 2.45) is 0 Å². The van der Waals surface area contributed by atoms with Crippen molar-refractivity contribution in [2.75, 3.05) is 46.2 Å². The molecule has 55 heavy (non-hydrogen) atoms. The lowest BCUT2D eigenvalue weighted by atomic mass is 10.0. The molecule has 0 aromatic carbocycles. The van der Waals surface area contributed by atoms with Crippen molar-refractivity contribution in [3.05, 3.63) is 12.2 Å². The third-order valence-corrected chi connectivity index (χ3v) is 7.95. The number of carbonyl (C=O) groups excluding carboxylic acids is 12. The predicted molar refractivity (Wildman–Crippen MR) is 169 cm³/mol. The van der Waals surface area contributed by atoms with Crippen LogP contribution in [-0.4, -0.2) is 143 Å². The zero-order valence-electron chi connectivity index (χ0n) is 29.3. The van der Waals surface area contributed by atoms with Crippen LogP contribution in [0.2, 0.25) is 0 Å². The molecule has 0 radical (unpaired) electrons. The van der Waals surface area contributed by atoms with E-state index < -0.39 is 142 Å². The molecule has 23 nitrogen and oxygen atoms in total. The molecule has 298 valence electrons. The third-order valence-electron chi connectivity index (χ3n) is 7.95. The quantitative estimate of drug-likeness (QED) is 0.0857. The Bertz CT molecular complexity index is 1450. The highest BCUT2D eigenvalue weighted by Gasteiger charge is 2.37. The van der Waals surface area contributed by atoms with Crippen LogP contribution < -0.4 is 5.32 Å². The number of imide groups is 4. The molecule has 0 saturated carbocycles. The molecule has 0 aromatic rings. The molecule has 4 rings (SSSR count). The molecular formula is C32H37N5O18. The first-order valence-electron chi connectivity index (χ1n) is 17.0. The zero-order chi connectivity index (χ0) is 40.1. The number of nitrogens with zero attached hydrogens (tertiary/aromatic N) is 4. The number of carbonyl (C=O) groups is 12. The molecule has 0 aliphatic carbocycles. The lowest BCUT2D eigenvalue weighted by molar-refractivity contribution is -0.198. The van der Waals surface area contributed by atoms with Crippen LogP contribution in [0.4, 0.5) is 0 Å². The van der Waals surface area contributed by atoms with Crippen LogP contribution in [0, 0.1) is 0 Å². The molecule has 0 bridgehead atoms. The van der Waals surface area contributed by atoms with Crippen LogP contribution in [0.15, 0.2) is 12.2 Å². The van der Waals surface area contributed by atoms with Crippen molar-refractivity contribution in [3.63, 3.8) is 0 Å². The highest BCUT2D eigenvalue weighted by Crippen LogP contribution is 2.17. The number of hydrogen-bond donors (Lipinski definition) is 1. The van der Waals surface area contributed by atoms with Gasteiger partial charge in [-0.25, -0.2) is 14.4 Å². The molecule has 4 heterocycles. The minimum absolute atomic E-state index is 0.125. The van der Waals surface area contributed by atoms with Gasteiger partial charge in [-0.3, -0.25) is 48.1 Å². The minimum atomic E-state index is -1.70. The van der Waals surface area contributed by atoms with Crippen LogP contribution in [0.3, 0.4) is 0 Å². The van der Waals surface area contributed by atoms with Gasteiger partial charge in [-0.05, 0) is 0 Å². The molecule has 4 aliphatic rings. The molecule has 9 amide bonds. The van der Waals surface area contributed by atoms with Crippen molar-refractivity contribution in [2.45, 2.75) is 69.7 Å². The van der Waals surface area contributed by atoms with E-state index in [0.717, 1.165) is 17.1 Å². The molecule has 1 N–H and O–H groups in total. The van der Waals surface area contributed by atoms with E-state index in [0.29, 0.717) is 15.2 Å². The lowest BCUT2D eigenvalue weighted by Gasteiger charge is -2.34. The molecular weight excluding hydrogens is 742 g/mol. The maximum absolute atomic E-state index is 13.2. The van der Waals surface area contributed by atoms with E-state index >= 15 is 0 Å². The summed E-state index contributed by atoms with van der Waals surface area (Å²) in [6.45, 7) is -3.03. The first-order chi connectivity index (χ1) is 26.2. The Hall–Kier alpha value is -5.94. The van der Waals surface area contributed by atoms with Crippen molar-refractivity contribution in [1.29, 1.82) is 0 Å². The summed E-state index contributed by atoms with van der Waals surface area (Å²) in [6.07, 6.45) is -0.542. The Balaban J connectivity index is 1.40. The maximum atomic E-state index is 13.2. The van der Waals surface area contributed by atoms with Gasteiger partial charge >= 0.3 is 17.9 Å². The average Bonchev–Trinajstić information content (AvgIpc) is 3.85. The molecule has 3 saturated heterocycles. The fourth-order valence-electron chi connectivity index (χ4n) is 5.14. The Labute approximate surface area is 310 Å². The number of hydrogen-bond acceptors (Lipinski definition) is 18. The van der Waals surface area contributed by atoms with Crippen molar-refractivity contribution < 1.29 is 86.3 Å². The summed E-state index contributed by atoms with van der Waals surface area (Å²) in [5.41, 5.74) is -1.70. The number of nitrogens with one attached hydrogen (secondary N) is 1. The summed E-state index contributed by atoms with van der Waals surface area (Å²) < 4.78 is 16.9. The standard InChI is InChI=1S/C32H37N5O18/c38-20(9-13-34-21(39)1-2-22(34)40)33-32(17-50-14-10-29(47)53-35-23(41)3-4-24(35)42,18-51-15-11-30(48)54-36-25(43)5-6-26(36)44)19-52-16-12-31(49)55-37-27(45)7-8-28(37)46/h1-2H,3-19H2,(H,33,38). The van der Waals surface area contributed by atoms with Gasteiger partial charge in [0, 0.05) is 63.6 Å². The first-order valence-corrected chi connectivity index (χ1v) is 17.0. The second-order valence-electron chi connectivity index (χ2n) is 12.3. The van der Waals surface area contributed by atoms with E-state index in [1.165, 1.54) is 0 Å². The third kappa shape index (κ3) is 12.0. The summed E-state index contributed by atoms with van der Waals surface area (Å²) in [4.78, 5) is 160. The Morgan fingerprint density at radius 3 is 1.13 bits per heavy atom. The Morgan fingerprint density at radius 2 is 0.818 bits per heavy atom. The first kappa shape index (κ1) is 41.8. The molecule has 3 fully saturated rings. The van der Waals surface area contributed by atoms with Crippen LogP contribution >= 0.6 is 0 Å². The van der Waals surface area contributed by atoms with E-state index in [9.17, 15) is 57.5 Å². The van der Waals surface area contributed by atoms with Crippen molar-refractivity contribution in [3.8, 4) is 0 Å². The van der Waals surface area contributed by atoms with Gasteiger partial charge in [0.1, 0.15) is 5.54 Å². The molecule has 0 unspecified atom stereocenters. The number of hydroxylamine groups is 6. The summed E-state index contributed by atoms with van der Waals surface area (Å²) in [7, 11) is 0. The van der Waals surface area contributed by atoms with Crippen LogP contribution in [0.25, 0.3) is 0 Å². The van der Waals surface area contributed by atoms with E-state index in [1.54, 1.807) is 0 Å². The minimum Gasteiger partial charge on any atom is -0.378 e.